The zero-order valence-corrected chi connectivity index (χ0v) is 14.1. The number of piperazine rings is 1. The second-order valence-corrected chi connectivity index (χ2v) is 7.03. The monoisotopic (exact) mass is 309 g/mol. The topological polar surface area (TPSA) is 62.3 Å². The van der Waals surface area contributed by atoms with E-state index < -0.39 is 11.1 Å². The van der Waals surface area contributed by atoms with E-state index in [9.17, 15) is 9.59 Å². The number of rotatable bonds is 4. The summed E-state index contributed by atoms with van der Waals surface area (Å²) in [5.74, 6) is -0.107. The molecule has 2 heterocycles. The number of aromatic nitrogens is 1. The van der Waals surface area contributed by atoms with E-state index >= 15 is 0 Å². The Morgan fingerprint density at radius 2 is 1.90 bits per heavy atom. The molecule has 2 rings (SSSR count). The van der Waals surface area contributed by atoms with E-state index in [1.54, 1.807) is 18.7 Å². The van der Waals surface area contributed by atoms with Gasteiger partial charge in [-0.15, -0.1) is 11.3 Å². The highest BCUT2D eigenvalue weighted by atomic mass is 32.1. The third-order valence-electron chi connectivity index (χ3n) is 4.27. The quantitative estimate of drug-likeness (QED) is 0.928. The van der Waals surface area contributed by atoms with Crippen LogP contribution in [0.25, 0.3) is 0 Å². The van der Waals surface area contributed by atoms with Crippen LogP contribution in [0.15, 0.2) is 5.38 Å². The average molecular weight is 309 g/mol. The van der Waals surface area contributed by atoms with E-state index in [1.807, 2.05) is 26.2 Å². The van der Waals surface area contributed by atoms with Gasteiger partial charge in [-0.05, 0) is 33.6 Å². The predicted molar refractivity (Wildman–Crippen MR) is 82.9 cm³/mol. The Morgan fingerprint density at radius 1 is 1.29 bits per heavy atom. The van der Waals surface area contributed by atoms with Crippen molar-refractivity contribution >= 4 is 23.2 Å². The molecule has 1 saturated heterocycles. The molecule has 1 aromatic rings. The number of nitrogens with one attached hydrogen (secondary N) is 1. The van der Waals surface area contributed by atoms with Gasteiger partial charge in [-0.25, -0.2) is 4.98 Å². The van der Waals surface area contributed by atoms with Gasteiger partial charge in [-0.3, -0.25) is 9.59 Å². The summed E-state index contributed by atoms with van der Waals surface area (Å²) in [6.07, 6.45) is 1.20. The van der Waals surface area contributed by atoms with E-state index in [0.717, 1.165) is 10.7 Å². The highest BCUT2D eigenvalue weighted by Gasteiger charge is 2.53. The summed E-state index contributed by atoms with van der Waals surface area (Å²) in [6, 6.07) is 0. The third-order valence-corrected chi connectivity index (χ3v) is 5.23. The molecular weight excluding hydrogens is 286 g/mol. The minimum Gasteiger partial charge on any atom is -0.340 e. The van der Waals surface area contributed by atoms with Gasteiger partial charge in [-0.2, -0.15) is 0 Å². The second kappa shape index (κ2) is 5.40. The van der Waals surface area contributed by atoms with Crippen molar-refractivity contribution in [3.63, 3.8) is 0 Å². The van der Waals surface area contributed by atoms with Gasteiger partial charge in [0, 0.05) is 11.1 Å². The first-order valence-corrected chi connectivity index (χ1v) is 8.20. The summed E-state index contributed by atoms with van der Waals surface area (Å²) in [7, 11) is 0. The Kier molecular flexibility index (Phi) is 4.10. The molecule has 0 aliphatic carbocycles. The SMILES string of the molecule is CCC1(CC)C(=O)NC(C)(C)C(=O)N1Cc1nc(C)cs1. The predicted octanol–water partition coefficient (Wildman–Crippen LogP) is 2.25. The molecule has 1 aromatic heterocycles. The maximum absolute atomic E-state index is 12.8. The molecule has 2 amide bonds. The molecule has 1 aliphatic heterocycles. The number of nitrogens with zero attached hydrogens (tertiary/aromatic N) is 2. The summed E-state index contributed by atoms with van der Waals surface area (Å²) in [5.41, 5.74) is -0.689. The molecule has 116 valence electrons. The zero-order chi connectivity index (χ0) is 15.8. The lowest BCUT2D eigenvalue weighted by molar-refractivity contribution is -0.163. The number of hydrogen-bond donors (Lipinski definition) is 1. The van der Waals surface area contributed by atoms with Crippen LogP contribution in [0.4, 0.5) is 0 Å². The maximum Gasteiger partial charge on any atom is 0.249 e. The van der Waals surface area contributed by atoms with Gasteiger partial charge >= 0.3 is 0 Å². The van der Waals surface area contributed by atoms with Gasteiger partial charge in [0.15, 0.2) is 0 Å². The summed E-state index contributed by atoms with van der Waals surface area (Å²) in [4.78, 5) is 31.6. The minimum absolute atomic E-state index is 0.0429. The van der Waals surface area contributed by atoms with Crippen LogP contribution >= 0.6 is 11.3 Å². The van der Waals surface area contributed by atoms with Crippen molar-refractivity contribution in [2.75, 3.05) is 0 Å². The van der Waals surface area contributed by atoms with Crippen molar-refractivity contribution in [2.24, 2.45) is 0 Å². The fourth-order valence-electron chi connectivity index (χ4n) is 2.89. The summed E-state index contributed by atoms with van der Waals surface area (Å²) in [5, 5.41) is 5.71. The number of amides is 2. The number of hydrogen-bond acceptors (Lipinski definition) is 4. The van der Waals surface area contributed by atoms with E-state index in [4.69, 9.17) is 0 Å². The first-order chi connectivity index (χ1) is 9.76. The molecule has 0 spiro atoms. The summed E-state index contributed by atoms with van der Waals surface area (Å²) >= 11 is 1.53. The minimum atomic E-state index is -0.864. The summed E-state index contributed by atoms with van der Waals surface area (Å²) in [6.45, 7) is 9.74. The normalized spacial score (nSPS) is 20.5. The fraction of sp³-hybridized carbons (Fsp3) is 0.667. The smallest absolute Gasteiger partial charge is 0.249 e. The molecule has 0 saturated carbocycles. The lowest BCUT2D eigenvalue weighted by Gasteiger charge is -2.50. The highest BCUT2D eigenvalue weighted by Crippen LogP contribution is 2.33. The van der Waals surface area contributed by atoms with Gasteiger partial charge in [-0.1, -0.05) is 13.8 Å². The standard InChI is InChI=1S/C15H23N3O2S/c1-6-15(7-2)12(19)17-14(4,5)13(20)18(15)8-11-16-10(3)9-21-11/h9H,6-8H2,1-5H3,(H,17,19). The Labute approximate surface area is 129 Å². The van der Waals surface area contributed by atoms with E-state index in [1.165, 1.54) is 11.3 Å². The van der Waals surface area contributed by atoms with Crippen LogP contribution in [0.3, 0.4) is 0 Å². The first kappa shape index (κ1) is 15.9. The average Bonchev–Trinajstić information content (AvgIpc) is 2.82. The third kappa shape index (κ3) is 2.57. The van der Waals surface area contributed by atoms with Crippen LogP contribution in [0.2, 0.25) is 0 Å². The summed E-state index contributed by atoms with van der Waals surface area (Å²) < 4.78 is 0. The molecule has 1 fully saturated rings. The molecule has 0 aromatic carbocycles. The largest absolute Gasteiger partial charge is 0.340 e. The molecule has 0 atom stereocenters. The van der Waals surface area contributed by atoms with Gasteiger partial charge < -0.3 is 10.2 Å². The fourth-order valence-corrected chi connectivity index (χ4v) is 3.65. The molecule has 21 heavy (non-hydrogen) atoms. The van der Waals surface area contributed by atoms with Crippen molar-refractivity contribution in [1.82, 2.24) is 15.2 Å². The number of carbonyl (C=O) groups excluding carboxylic acids is 2. The van der Waals surface area contributed by atoms with E-state index in [-0.39, 0.29) is 11.8 Å². The Bertz CT molecular complexity index is 561. The van der Waals surface area contributed by atoms with Crippen molar-refractivity contribution in [2.45, 2.75) is 65.1 Å². The molecule has 6 heteroatoms. The lowest BCUT2D eigenvalue weighted by Crippen LogP contribution is -2.73. The highest BCUT2D eigenvalue weighted by molar-refractivity contribution is 7.09. The van der Waals surface area contributed by atoms with Gasteiger partial charge in [0.2, 0.25) is 11.8 Å². The second-order valence-electron chi connectivity index (χ2n) is 6.09. The van der Waals surface area contributed by atoms with E-state index in [0.29, 0.717) is 19.4 Å². The Morgan fingerprint density at radius 3 is 2.38 bits per heavy atom. The van der Waals surface area contributed by atoms with Crippen molar-refractivity contribution in [3.05, 3.63) is 16.1 Å². The molecule has 0 radical (unpaired) electrons. The molecule has 0 bridgehead atoms. The van der Waals surface area contributed by atoms with Crippen LogP contribution < -0.4 is 5.32 Å². The van der Waals surface area contributed by atoms with Gasteiger partial charge in [0.05, 0.1) is 6.54 Å². The molecule has 5 nitrogen and oxygen atoms in total. The van der Waals surface area contributed by atoms with Crippen LogP contribution in [-0.4, -0.2) is 32.8 Å². The maximum atomic E-state index is 12.8. The molecule has 0 unspecified atom stereocenters. The van der Waals surface area contributed by atoms with Crippen molar-refractivity contribution in [1.29, 1.82) is 0 Å². The Balaban J connectivity index is 2.43. The van der Waals surface area contributed by atoms with Crippen molar-refractivity contribution in [3.8, 4) is 0 Å². The van der Waals surface area contributed by atoms with Crippen LogP contribution in [-0.2, 0) is 16.1 Å². The zero-order valence-electron chi connectivity index (χ0n) is 13.3. The number of aryl methyl sites for hydroxylation is 1. The molecule has 1 aliphatic rings. The Hall–Kier alpha value is -1.43. The van der Waals surface area contributed by atoms with Crippen molar-refractivity contribution < 1.29 is 9.59 Å². The van der Waals surface area contributed by atoms with Crippen LogP contribution in [0.5, 0.6) is 0 Å². The van der Waals surface area contributed by atoms with Crippen LogP contribution in [0.1, 0.15) is 51.2 Å². The molecule has 1 N–H and O–H groups in total. The van der Waals surface area contributed by atoms with Gasteiger partial charge in [0.25, 0.3) is 0 Å². The first-order valence-electron chi connectivity index (χ1n) is 7.32. The van der Waals surface area contributed by atoms with Gasteiger partial charge in [0.1, 0.15) is 16.1 Å². The number of thiazole rings is 1. The van der Waals surface area contributed by atoms with Crippen LogP contribution in [0, 0.1) is 6.92 Å². The number of carbonyl (C=O) groups is 2. The molecular formula is C15H23N3O2S. The van der Waals surface area contributed by atoms with E-state index in [2.05, 4.69) is 10.3 Å². The lowest BCUT2D eigenvalue weighted by atomic mass is 9.83.